The molecule has 0 aliphatic carbocycles. The Balaban J connectivity index is 2.29. The van der Waals surface area contributed by atoms with Gasteiger partial charge < -0.3 is 9.52 Å². The monoisotopic (exact) mass is 338 g/mol. The summed E-state index contributed by atoms with van der Waals surface area (Å²) in [5.41, 5.74) is 0.581. The molecule has 3 nitrogen and oxygen atoms in total. The first-order valence-electron chi connectivity index (χ1n) is 6.31. The normalized spacial score (nSPS) is 11.0. The fraction of sp³-hybridized carbons (Fsp3) is 0.0625. The summed E-state index contributed by atoms with van der Waals surface area (Å²) in [5.74, 6) is 0.156. The smallest absolute Gasteiger partial charge is 0.193 e. The fourth-order valence-electron chi connectivity index (χ4n) is 2.13. The van der Waals surface area contributed by atoms with Crippen molar-refractivity contribution in [1.29, 1.82) is 0 Å². The second-order valence-corrected chi connectivity index (χ2v) is 5.48. The van der Waals surface area contributed by atoms with Crippen LogP contribution in [0.4, 0.5) is 4.39 Å². The van der Waals surface area contributed by atoms with Gasteiger partial charge in [0.25, 0.3) is 0 Å². The first-order chi connectivity index (χ1) is 10.5. The standard InChI is InChI=1S/C16H9Cl2FO3/c17-11-5-8(2-4-12(11)20)14-6-13(21)10-3-1-9(7-19)15(18)16(10)22-14/h1-6,20H,7H2. The second kappa shape index (κ2) is 5.63. The van der Waals surface area contributed by atoms with Crippen LogP contribution in [0.25, 0.3) is 22.3 Å². The molecule has 0 fully saturated rings. The highest BCUT2D eigenvalue weighted by atomic mass is 35.5. The van der Waals surface area contributed by atoms with E-state index in [4.69, 9.17) is 27.6 Å². The van der Waals surface area contributed by atoms with Gasteiger partial charge in [0, 0.05) is 17.2 Å². The topological polar surface area (TPSA) is 50.4 Å². The highest BCUT2D eigenvalue weighted by Gasteiger charge is 2.13. The Kier molecular flexibility index (Phi) is 3.81. The average Bonchev–Trinajstić information content (AvgIpc) is 2.51. The zero-order valence-electron chi connectivity index (χ0n) is 11.1. The predicted octanol–water partition coefficient (Wildman–Crippen LogP) is 4.94. The van der Waals surface area contributed by atoms with E-state index in [2.05, 4.69) is 0 Å². The molecule has 1 heterocycles. The summed E-state index contributed by atoms with van der Waals surface area (Å²) >= 11 is 11.9. The van der Waals surface area contributed by atoms with Gasteiger partial charge >= 0.3 is 0 Å². The molecule has 0 radical (unpaired) electrons. The van der Waals surface area contributed by atoms with E-state index >= 15 is 0 Å². The Bertz CT molecular complexity index is 935. The second-order valence-electron chi connectivity index (χ2n) is 4.69. The van der Waals surface area contributed by atoms with Crippen molar-refractivity contribution in [2.24, 2.45) is 0 Å². The summed E-state index contributed by atoms with van der Waals surface area (Å²) in [6, 6.07) is 8.65. The molecule has 6 heteroatoms. The van der Waals surface area contributed by atoms with Crippen LogP contribution in [0.15, 0.2) is 45.6 Å². The molecule has 3 aromatic rings. The highest BCUT2D eigenvalue weighted by Crippen LogP contribution is 2.32. The third-order valence-electron chi connectivity index (χ3n) is 3.29. The maximum atomic E-state index is 12.9. The zero-order valence-corrected chi connectivity index (χ0v) is 12.6. The van der Waals surface area contributed by atoms with Crippen LogP contribution in [0.3, 0.4) is 0 Å². The van der Waals surface area contributed by atoms with Gasteiger partial charge in [-0.1, -0.05) is 29.3 Å². The van der Waals surface area contributed by atoms with Crippen LogP contribution in [-0.2, 0) is 6.67 Å². The van der Waals surface area contributed by atoms with E-state index in [-0.39, 0.29) is 43.5 Å². The van der Waals surface area contributed by atoms with Gasteiger partial charge in [-0.05, 0) is 24.3 Å². The summed E-state index contributed by atoms with van der Waals surface area (Å²) in [6.07, 6.45) is 0. The third kappa shape index (κ3) is 2.45. The summed E-state index contributed by atoms with van der Waals surface area (Å²) in [7, 11) is 0. The highest BCUT2D eigenvalue weighted by molar-refractivity contribution is 6.35. The van der Waals surface area contributed by atoms with Gasteiger partial charge in [0.05, 0.1) is 15.4 Å². The molecular weight excluding hydrogens is 330 g/mol. The summed E-state index contributed by atoms with van der Waals surface area (Å²) in [6.45, 7) is -0.756. The van der Waals surface area contributed by atoms with Crippen LogP contribution >= 0.6 is 23.2 Å². The Hall–Kier alpha value is -2.04. The number of rotatable bonds is 2. The lowest BCUT2D eigenvalue weighted by atomic mass is 10.1. The molecule has 2 aromatic carbocycles. The summed E-state index contributed by atoms with van der Waals surface area (Å²) in [5, 5.41) is 9.92. The van der Waals surface area contributed by atoms with Gasteiger partial charge in [0.2, 0.25) is 0 Å². The molecule has 0 bridgehead atoms. The lowest BCUT2D eigenvalue weighted by Crippen LogP contribution is -2.01. The Morgan fingerprint density at radius 2 is 1.91 bits per heavy atom. The Labute approximate surface area is 134 Å². The molecule has 0 aliphatic rings. The van der Waals surface area contributed by atoms with Gasteiger partial charge in [-0.3, -0.25) is 4.79 Å². The minimum Gasteiger partial charge on any atom is -0.506 e. The molecule has 22 heavy (non-hydrogen) atoms. The molecule has 3 rings (SSSR count). The van der Waals surface area contributed by atoms with Crippen LogP contribution in [0.1, 0.15) is 5.56 Å². The van der Waals surface area contributed by atoms with E-state index in [9.17, 15) is 14.3 Å². The number of phenols is 1. The average molecular weight is 339 g/mol. The van der Waals surface area contributed by atoms with Crippen molar-refractivity contribution in [3.05, 3.63) is 62.2 Å². The molecule has 0 unspecified atom stereocenters. The quantitative estimate of drug-likeness (QED) is 0.719. The van der Waals surface area contributed by atoms with Gasteiger partial charge in [0.1, 0.15) is 18.2 Å². The molecule has 112 valence electrons. The van der Waals surface area contributed by atoms with Gasteiger partial charge in [0.15, 0.2) is 11.0 Å². The van der Waals surface area contributed by atoms with Crippen LogP contribution in [-0.4, -0.2) is 5.11 Å². The van der Waals surface area contributed by atoms with Crippen LogP contribution in [0.5, 0.6) is 5.75 Å². The summed E-state index contributed by atoms with van der Waals surface area (Å²) in [4.78, 5) is 12.2. The lowest BCUT2D eigenvalue weighted by molar-refractivity contribution is 0.475. The lowest BCUT2D eigenvalue weighted by Gasteiger charge is -2.07. The fourth-order valence-corrected chi connectivity index (χ4v) is 2.57. The molecular formula is C16H9Cl2FO3. The molecule has 0 amide bonds. The number of fused-ring (bicyclic) bond motifs is 1. The number of aromatic hydroxyl groups is 1. The van der Waals surface area contributed by atoms with Crippen molar-refractivity contribution in [3.63, 3.8) is 0 Å². The van der Waals surface area contributed by atoms with Crippen molar-refractivity contribution in [1.82, 2.24) is 0 Å². The SMILES string of the molecule is O=c1cc(-c2ccc(O)c(Cl)c2)oc2c(Cl)c(CF)ccc12. The molecule has 0 atom stereocenters. The minimum atomic E-state index is -0.756. The van der Waals surface area contributed by atoms with E-state index in [1.165, 1.54) is 30.3 Å². The molecule has 0 saturated carbocycles. The van der Waals surface area contributed by atoms with Crippen molar-refractivity contribution in [2.75, 3.05) is 0 Å². The molecule has 0 aliphatic heterocycles. The van der Waals surface area contributed by atoms with E-state index in [1.807, 2.05) is 0 Å². The Morgan fingerprint density at radius 3 is 2.59 bits per heavy atom. The van der Waals surface area contributed by atoms with Crippen molar-refractivity contribution in [2.45, 2.75) is 6.67 Å². The van der Waals surface area contributed by atoms with Gasteiger partial charge in [-0.2, -0.15) is 0 Å². The maximum Gasteiger partial charge on any atom is 0.193 e. The molecule has 1 N–H and O–H groups in total. The zero-order chi connectivity index (χ0) is 15.9. The number of alkyl halides is 1. The van der Waals surface area contributed by atoms with Crippen molar-refractivity contribution >= 4 is 34.2 Å². The van der Waals surface area contributed by atoms with E-state index < -0.39 is 6.67 Å². The first kappa shape index (κ1) is 14.9. The molecule has 0 spiro atoms. The van der Waals surface area contributed by atoms with E-state index in [0.29, 0.717) is 5.56 Å². The number of benzene rings is 2. The van der Waals surface area contributed by atoms with Gasteiger partial charge in [-0.15, -0.1) is 0 Å². The number of hydrogen-bond donors (Lipinski definition) is 1. The van der Waals surface area contributed by atoms with E-state index in [0.717, 1.165) is 0 Å². The maximum absolute atomic E-state index is 12.9. The number of hydrogen-bond acceptors (Lipinski definition) is 3. The van der Waals surface area contributed by atoms with Crippen LogP contribution < -0.4 is 5.43 Å². The van der Waals surface area contributed by atoms with Crippen molar-refractivity contribution in [3.8, 4) is 17.1 Å². The molecule has 1 aromatic heterocycles. The van der Waals surface area contributed by atoms with Crippen molar-refractivity contribution < 1.29 is 13.9 Å². The Morgan fingerprint density at radius 1 is 1.14 bits per heavy atom. The minimum absolute atomic E-state index is 0.0730. The van der Waals surface area contributed by atoms with Crippen LogP contribution in [0, 0.1) is 0 Å². The largest absolute Gasteiger partial charge is 0.506 e. The summed E-state index contributed by atoms with van der Waals surface area (Å²) < 4.78 is 18.5. The number of halogens is 3. The predicted molar refractivity (Wildman–Crippen MR) is 84.4 cm³/mol. The van der Waals surface area contributed by atoms with E-state index in [1.54, 1.807) is 6.07 Å². The molecule has 0 saturated heterocycles. The van der Waals surface area contributed by atoms with Crippen LogP contribution in [0.2, 0.25) is 10.0 Å². The third-order valence-corrected chi connectivity index (χ3v) is 4.01. The first-order valence-corrected chi connectivity index (χ1v) is 7.07. The van der Waals surface area contributed by atoms with Gasteiger partial charge in [-0.25, -0.2) is 4.39 Å². The number of phenolic OH excluding ortho intramolecular Hbond substituents is 1.